The van der Waals surface area contributed by atoms with Gasteiger partial charge in [0.15, 0.2) is 5.75 Å². The van der Waals surface area contributed by atoms with E-state index < -0.39 is 0 Å². The Labute approximate surface area is 115 Å². The Kier molecular flexibility index (Phi) is 3.04. The quantitative estimate of drug-likeness (QED) is 0.688. The van der Waals surface area contributed by atoms with Crippen molar-refractivity contribution >= 4 is 12.1 Å². The highest BCUT2D eigenvalue weighted by Crippen LogP contribution is 2.41. The van der Waals surface area contributed by atoms with Crippen LogP contribution in [-0.2, 0) is 16.3 Å². The van der Waals surface area contributed by atoms with E-state index in [0.717, 1.165) is 23.2 Å². The summed E-state index contributed by atoms with van der Waals surface area (Å²) < 4.78 is 0. The molecule has 0 fully saturated rings. The van der Waals surface area contributed by atoms with Crippen molar-refractivity contribution < 1.29 is 19.7 Å². The number of anilines is 1. The van der Waals surface area contributed by atoms with Gasteiger partial charge < -0.3 is 14.9 Å². The van der Waals surface area contributed by atoms with Crippen molar-refractivity contribution in [1.29, 1.82) is 0 Å². The van der Waals surface area contributed by atoms with Crippen molar-refractivity contribution in [3.8, 4) is 22.6 Å². The molecule has 1 aliphatic heterocycles. The molecule has 0 bridgehead atoms. The first-order valence-corrected chi connectivity index (χ1v) is 6.13. The van der Waals surface area contributed by atoms with E-state index in [-0.39, 0.29) is 5.75 Å². The third-order valence-electron chi connectivity index (χ3n) is 3.27. The van der Waals surface area contributed by atoms with E-state index in [9.17, 15) is 9.90 Å². The molecule has 0 saturated carbocycles. The number of nitrogens with zero attached hydrogens (tertiary/aromatic N) is 1. The SMILES string of the molecule is CN(C=O)c1ccccc1-c1cc2c(cc1O)OOC2. The van der Waals surface area contributed by atoms with Crippen LogP contribution in [0, 0.1) is 0 Å². The minimum atomic E-state index is 0.0843. The van der Waals surface area contributed by atoms with Gasteiger partial charge >= 0.3 is 0 Å². The average molecular weight is 271 g/mol. The summed E-state index contributed by atoms with van der Waals surface area (Å²) in [4.78, 5) is 22.3. The monoisotopic (exact) mass is 271 g/mol. The predicted molar refractivity (Wildman–Crippen MR) is 73.4 cm³/mol. The number of amides is 1. The number of phenolic OH excluding ortho intramolecular Hbond substituents is 1. The number of hydrogen-bond acceptors (Lipinski definition) is 4. The van der Waals surface area contributed by atoms with E-state index in [0.29, 0.717) is 17.9 Å². The zero-order chi connectivity index (χ0) is 14.1. The van der Waals surface area contributed by atoms with Crippen LogP contribution >= 0.6 is 0 Å². The molecule has 0 radical (unpaired) electrons. The normalized spacial score (nSPS) is 12.7. The Balaban J connectivity index is 2.17. The zero-order valence-electron chi connectivity index (χ0n) is 10.9. The summed E-state index contributed by atoms with van der Waals surface area (Å²) in [5.74, 6) is 0.605. The first-order valence-electron chi connectivity index (χ1n) is 6.13. The molecule has 20 heavy (non-hydrogen) atoms. The van der Waals surface area contributed by atoms with Crippen molar-refractivity contribution in [3.05, 3.63) is 42.0 Å². The highest BCUT2D eigenvalue weighted by atomic mass is 17.2. The molecule has 1 N–H and O–H groups in total. The van der Waals surface area contributed by atoms with Gasteiger partial charge in [-0.25, -0.2) is 0 Å². The molecule has 0 aliphatic carbocycles. The van der Waals surface area contributed by atoms with Crippen LogP contribution in [-0.4, -0.2) is 18.6 Å². The van der Waals surface area contributed by atoms with E-state index in [1.165, 1.54) is 11.0 Å². The van der Waals surface area contributed by atoms with Gasteiger partial charge in [0.05, 0.1) is 5.69 Å². The average Bonchev–Trinajstić information content (AvgIpc) is 2.92. The van der Waals surface area contributed by atoms with Gasteiger partial charge in [0.1, 0.15) is 12.4 Å². The molecule has 0 aromatic heterocycles. The number of benzene rings is 2. The number of carbonyl (C=O) groups is 1. The number of rotatable bonds is 3. The van der Waals surface area contributed by atoms with Crippen LogP contribution in [0.1, 0.15) is 5.56 Å². The summed E-state index contributed by atoms with van der Waals surface area (Å²) in [6, 6.07) is 10.7. The summed E-state index contributed by atoms with van der Waals surface area (Å²) in [6.45, 7) is 0.342. The maximum atomic E-state index is 11.0. The van der Waals surface area contributed by atoms with E-state index in [2.05, 4.69) is 0 Å². The maximum absolute atomic E-state index is 11.0. The number of hydrogen-bond donors (Lipinski definition) is 1. The topological polar surface area (TPSA) is 59.0 Å². The van der Waals surface area contributed by atoms with E-state index in [1.807, 2.05) is 30.3 Å². The number of fused-ring (bicyclic) bond motifs is 1. The van der Waals surface area contributed by atoms with Gasteiger partial charge in [-0.1, -0.05) is 18.2 Å². The second-order valence-corrected chi connectivity index (χ2v) is 4.56. The minimum Gasteiger partial charge on any atom is -0.507 e. The lowest BCUT2D eigenvalue weighted by molar-refractivity contribution is -0.194. The lowest BCUT2D eigenvalue weighted by Crippen LogP contribution is -2.14. The molecule has 2 aromatic rings. The molecule has 1 aliphatic rings. The van der Waals surface area contributed by atoms with Crippen LogP contribution in [0.3, 0.4) is 0 Å². The minimum absolute atomic E-state index is 0.0843. The Bertz CT molecular complexity index is 669. The number of carbonyl (C=O) groups excluding carboxylic acids is 1. The second kappa shape index (κ2) is 4.86. The van der Waals surface area contributed by atoms with Gasteiger partial charge in [-0.05, 0) is 12.1 Å². The maximum Gasteiger partial charge on any atom is 0.213 e. The summed E-state index contributed by atoms with van der Waals surface area (Å²) >= 11 is 0. The van der Waals surface area contributed by atoms with Gasteiger partial charge in [-0.2, -0.15) is 4.89 Å². The fourth-order valence-electron chi connectivity index (χ4n) is 2.24. The fourth-order valence-corrected chi connectivity index (χ4v) is 2.24. The molecule has 0 unspecified atom stereocenters. The van der Waals surface area contributed by atoms with Crippen LogP contribution in [0.25, 0.3) is 11.1 Å². The third-order valence-corrected chi connectivity index (χ3v) is 3.27. The molecule has 5 nitrogen and oxygen atoms in total. The Morgan fingerprint density at radius 2 is 2.05 bits per heavy atom. The molecule has 0 saturated heterocycles. The summed E-state index contributed by atoms with van der Waals surface area (Å²) in [7, 11) is 1.67. The Morgan fingerprint density at radius 1 is 1.25 bits per heavy atom. The van der Waals surface area contributed by atoms with Crippen molar-refractivity contribution in [3.63, 3.8) is 0 Å². The van der Waals surface area contributed by atoms with Crippen LogP contribution in [0.5, 0.6) is 11.5 Å². The molecular weight excluding hydrogens is 258 g/mol. The third kappa shape index (κ3) is 1.98. The molecule has 1 heterocycles. The molecule has 3 rings (SSSR count). The van der Waals surface area contributed by atoms with Crippen molar-refractivity contribution in [2.45, 2.75) is 6.61 Å². The first kappa shape index (κ1) is 12.5. The van der Waals surface area contributed by atoms with Crippen LogP contribution < -0.4 is 9.79 Å². The highest BCUT2D eigenvalue weighted by molar-refractivity contribution is 5.89. The summed E-state index contributed by atoms with van der Waals surface area (Å²) in [5, 5.41) is 10.2. The fraction of sp³-hybridized carbons (Fsp3) is 0.133. The number of para-hydroxylation sites is 1. The van der Waals surface area contributed by atoms with Gasteiger partial charge in [0, 0.05) is 29.8 Å². The van der Waals surface area contributed by atoms with E-state index >= 15 is 0 Å². The van der Waals surface area contributed by atoms with Crippen LogP contribution in [0.2, 0.25) is 0 Å². The largest absolute Gasteiger partial charge is 0.507 e. The Hall–Kier alpha value is -2.53. The lowest BCUT2D eigenvalue weighted by Gasteiger charge is -2.17. The highest BCUT2D eigenvalue weighted by Gasteiger charge is 2.20. The van der Waals surface area contributed by atoms with Crippen LogP contribution in [0.15, 0.2) is 36.4 Å². The molecule has 0 spiro atoms. The summed E-state index contributed by atoms with van der Waals surface area (Å²) in [6.07, 6.45) is 0.732. The molecular formula is C15H13NO4. The van der Waals surface area contributed by atoms with Gasteiger partial charge in [-0.3, -0.25) is 4.79 Å². The first-order chi connectivity index (χ1) is 9.70. The molecule has 102 valence electrons. The number of phenols is 1. The van der Waals surface area contributed by atoms with Gasteiger partial charge in [0.2, 0.25) is 6.41 Å². The molecule has 5 heteroatoms. The summed E-state index contributed by atoms with van der Waals surface area (Å²) in [5.41, 5.74) is 3.00. The molecule has 0 atom stereocenters. The van der Waals surface area contributed by atoms with Gasteiger partial charge in [-0.15, -0.1) is 0 Å². The van der Waals surface area contributed by atoms with E-state index in [4.69, 9.17) is 9.78 Å². The Morgan fingerprint density at radius 3 is 2.85 bits per heavy atom. The molecule has 2 aromatic carbocycles. The lowest BCUT2D eigenvalue weighted by atomic mass is 9.99. The second-order valence-electron chi connectivity index (χ2n) is 4.56. The predicted octanol–water partition coefficient (Wildman–Crippen LogP) is 2.48. The number of aromatic hydroxyl groups is 1. The van der Waals surface area contributed by atoms with Crippen molar-refractivity contribution in [2.24, 2.45) is 0 Å². The van der Waals surface area contributed by atoms with Gasteiger partial charge in [0.25, 0.3) is 0 Å². The van der Waals surface area contributed by atoms with Crippen LogP contribution in [0.4, 0.5) is 5.69 Å². The van der Waals surface area contributed by atoms with E-state index in [1.54, 1.807) is 7.05 Å². The zero-order valence-corrected chi connectivity index (χ0v) is 10.9. The van der Waals surface area contributed by atoms with Crippen molar-refractivity contribution in [1.82, 2.24) is 0 Å². The van der Waals surface area contributed by atoms with Crippen molar-refractivity contribution in [2.75, 3.05) is 11.9 Å². The smallest absolute Gasteiger partial charge is 0.213 e. The standard InChI is InChI=1S/C15H13NO4/c1-16(9-17)13-5-3-2-4-11(13)12-6-10-8-19-20-15(10)7-14(12)18/h2-7,9,18H,8H2,1H3. The molecule has 1 amide bonds.